The molecule has 0 aliphatic carbocycles. The molecule has 0 fully saturated rings. The number of carbonyl (C=O) groups excluding carboxylic acids is 1. The molecule has 1 aliphatic rings. The van der Waals surface area contributed by atoms with Crippen molar-refractivity contribution in [2.24, 2.45) is 0 Å². The lowest BCUT2D eigenvalue weighted by atomic mass is 10.2. The highest BCUT2D eigenvalue weighted by atomic mass is 32.2. The van der Waals surface area contributed by atoms with Crippen LogP contribution in [-0.2, 0) is 14.8 Å². The predicted octanol–water partition coefficient (Wildman–Crippen LogP) is 2.04. The Morgan fingerprint density at radius 3 is 2.62 bits per heavy atom. The normalized spacial score (nSPS) is 14.8. The molecule has 1 aromatic carbocycles. The second-order valence-corrected chi connectivity index (χ2v) is 6.69. The number of nitrogens with zero attached hydrogens (tertiary/aromatic N) is 1. The zero-order chi connectivity index (χ0) is 15.2. The molecule has 2 heterocycles. The van der Waals surface area contributed by atoms with E-state index in [9.17, 15) is 13.2 Å². The van der Waals surface area contributed by atoms with Crippen molar-refractivity contribution in [1.82, 2.24) is 0 Å². The van der Waals surface area contributed by atoms with Gasteiger partial charge in [0.15, 0.2) is 0 Å². The molecule has 0 unspecified atom stereocenters. The number of aryl methyl sites for hydroxylation is 2. The van der Waals surface area contributed by atoms with Gasteiger partial charge in [-0.05, 0) is 26.0 Å². The molecule has 1 amide bonds. The number of rotatable bonds is 2. The first kappa shape index (κ1) is 13.7. The monoisotopic (exact) mass is 306 g/mol. The molecule has 1 aliphatic heterocycles. The van der Waals surface area contributed by atoms with Crippen LogP contribution in [0.4, 0.5) is 11.4 Å². The van der Waals surface area contributed by atoms with Gasteiger partial charge >= 0.3 is 0 Å². The van der Waals surface area contributed by atoms with E-state index in [0.717, 1.165) is 4.31 Å². The number of sulfonamides is 1. The number of amides is 1. The van der Waals surface area contributed by atoms with Crippen molar-refractivity contribution >= 4 is 27.3 Å². The zero-order valence-electron chi connectivity index (χ0n) is 11.6. The minimum atomic E-state index is -3.84. The molecule has 0 atom stereocenters. The Bertz CT molecular complexity index is 823. The van der Waals surface area contributed by atoms with E-state index in [4.69, 9.17) is 4.42 Å². The summed E-state index contributed by atoms with van der Waals surface area (Å²) in [5.41, 5.74) is 0.936. The Labute approximate surface area is 122 Å². The van der Waals surface area contributed by atoms with Gasteiger partial charge in [0, 0.05) is 6.07 Å². The molecule has 3 rings (SSSR count). The van der Waals surface area contributed by atoms with Gasteiger partial charge < -0.3 is 9.73 Å². The first-order chi connectivity index (χ1) is 9.89. The molecule has 0 bridgehead atoms. The van der Waals surface area contributed by atoms with Crippen LogP contribution in [0.15, 0.2) is 39.6 Å². The van der Waals surface area contributed by atoms with E-state index in [0.29, 0.717) is 22.9 Å². The van der Waals surface area contributed by atoms with E-state index in [1.165, 1.54) is 6.07 Å². The maximum atomic E-state index is 12.8. The van der Waals surface area contributed by atoms with Gasteiger partial charge in [0.05, 0.1) is 11.4 Å². The number of anilines is 2. The summed E-state index contributed by atoms with van der Waals surface area (Å²) in [6.45, 7) is 3.03. The summed E-state index contributed by atoms with van der Waals surface area (Å²) in [6.07, 6.45) is 0. The fourth-order valence-electron chi connectivity index (χ4n) is 2.40. The fourth-order valence-corrected chi connectivity index (χ4v) is 4.06. The van der Waals surface area contributed by atoms with Crippen molar-refractivity contribution in [3.63, 3.8) is 0 Å². The Balaban J connectivity index is 2.16. The molecular weight excluding hydrogens is 292 g/mol. The summed E-state index contributed by atoms with van der Waals surface area (Å²) in [5, 5.41) is 2.66. The minimum absolute atomic E-state index is 0.0875. The molecule has 1 N–H and O–H groups in total. The number of hydrogen-bond donors (Lipinski definition) is 1. The van der Waals surface area contributed by atoms with Gasteiger partial charge in [-0.2, -0.15) is 0 Å². The van der Waals surface area contributed by atoms with Crippen molar-refractivity contribution in [3.05, 3.63) is 41.9 Å². The van der Waals surface area contributed by atoms with Crippen LogP contribution in [0.1, 0.15) is 11.5 Å². The van der Waals surface area contributed by atoms with E-state index < -0.39 is 10.0 Å². The van der Waals surface area contributed by atoms with Gasteiger partial charge in [-0.3, -0.25) is 9.10 Å². The van der Waals surface area contributed by atoms with Gasteiger partial charge in [-0.1, -0.05) is 12.1 Å². The SMILES string of the molecule is Cc1cc(S(=O)(=O)N2CC(=O)Nc3ccccc32)c(C)o1. The van der Waals surface area contributed by atoms with Crippen LogP contribution >= 0.6 is 0 Å². The molecule has 0 saturated heterocycles. The molecule has 0 saturated carbocycles. The topological polar surface area (TPSA) is 79.6 Å². The van der Waals surface area contributed by atoms with Gasteiger partial charge in [-0.15, -0.1) is 0 Å². The lowest BCUT2D eigenvalue weighted by molar-refractivity contribution is -0.115. The van der Waals surface area contributed by atoms with Gasteiger partial charge in [0.25, 0.3) is 10.0 Å². The lowest BCUT2D eigenvalue weighted by Gasteiger charge is -2.29. The molecule has 0 spiro atoms. The highest BCUT2D eigenvalue weighted by Gasteiger charge is 2.34. The third-order valence-electron chi connectivity index (χ3n) is 3.30. The minimum Gasteiger partial charge on any atom is -0.465 e. The number of nitrogens with one attached hydrogen (secondary N) is 1. The summed E-state index contributed by atoms with van der Waals surface area (Å²) in [7, 11) is -3.84. The average molecular weight is 306 g/mol. The Hall–Kier alpha value is -2.28. The van der Waals surface area contributed by atoms with Crippen LogP contribution in [0.5, 0.6) is 0 Å². The molecule has 110 valence electrons. The summed E-state index contributed by atoms with van der Waals surface area (Å²) in [4.78, 5) is 11.9. The number of hydrogen-bond acceptors (Lipinski definition) is 4. The van der Waals surface area contributed by atoms with Crippen molar-refractivity contribution < 1.29 is 17.6 Å². The van der Waals surface area contributed by atoms with E-state index in [2.05, 4.69) is 5.32 Å². The second-order valence-electron chi connectivity index (χ2n) is 4.85. The molecule has 2 aromatic rings. The highest BCUT2D eigenvalue weighted by molar-refractivity contribution is 7.93. The second kappa shape index (κ2) is 4.63. The third kappa shape index (κ3) is 2.19. The van der Waals surface area contributed by atoms with Crippen molar-refractivity contribution in [3.8, 4) is 0 Å². The van der Waals surface area contributed by atoms with Crippen LogP contribution < -0.4 is 9.62 Å². The van der Waals surface area contributed by atoms with Gasteiger partial charge in [0.1, 0.15) is 23.0 Å². The third-order valence-corrected chi connectivity index (χ3v) is 5.16. The first-order valence-electron chi connectivity index (χ1n) is 6.38. The smallest absolute Gasteiger partial charge is 0.268 e. The van der Waals surface area contributed by atoms with Crippen molar-refractivity contribution in [2.45, 2.75) is 18.7 Å². The average Bonchev–Trinajstić information content (AvgIpc) is 2.77. The molecule has 21 heavy (non-hydrogen) atoms. The molecule has 0 radical (unpaired) electrons. The van der Waals surface area contributed by atoms with Gasteiger partial charge in [-0.25, -0.2) is 8.42 Å². The molecule has 7 heteroatoms. The number of para-hydroxylation sites is 2. The number of fused-ring (bicyclic) bond motifs is 1. The summed E-state index contributed by atoms with van der Waals surface area (Å²) in [6, 6.07) is 8.27. The van der Waals surface area contributed by atoms with Crippen LogP contribution in [0, 0.1) is 13.8 Å². The highest BCUT2D eigenvalue weighted by Crippen LogP contribution is 2.34. The Morgan fingerprint density at radius 2 is 1.95 bits per heavy atom. The summed E-state index contributed by atoms with van der Waals surface area (Å²) in [5.74, 6) is 0.465. The first-order valence-corrected chi connectivity index (χ1v) is 7.82. The number of furan rings is 1. The van der Waals surface area contributed by atoms with Crippen LogP contribution in [0.3, 0.4) is 0 Å². The maximum absolute atomic E-state index is 12.8. The number of carbonyl (C=O) groups is 1. The largest absolute Gasteiger partial charge is 0.465 e. The zero-order valence-corrected chi connectivity index (χ0v) is 12.4. The Morgan fingerprint density at radius 1 is 1.24 bits per heavy atom. The molecule has 1 aromatic heterocycles. The van der Waals surface area contributed by atoms with E-state index in [1.807, 2.05) is 0 Å². The van der Waals surface area contributed by atoms with E-state index >= 15 is 0 Å². The molecule has 6 nitrogen and oxygen atoms in total. The number of benzene rings is 1. The van der Waals surface area contributed by atoms with Gasteiger partial charge in [0.2, 0.25) is 5.91 Å². The fraction of sp³-hybridized carbons (Fsp3) is 0.214. The summed E-state index contributed by atoms with van der Waals surface area (Å²) >= 11 is 0. The Kier molecular flexibility index (Phi) is 3.02. The summed E-state index contributed by atoms with van der Waals surface area (Å²) < 4.78 is 32.0. The quantitative estimate of drug-likeness (QED) is 0.921. The predicted molar refractivity (Wildman–Crippen MR) is 77.8 cm³/mol. The van der Waals surface area contributed by atoms with Crippen LogP contribution in [0.25, 0.3) is 0 Å². The maximum Gasteiger partial charge on any atom is 0.268 e. The van der Waals surface area contributed by atoms with E-state index in [-0.39, 0.29) is 17.3 Å². The standard InChI is InChI=1S/C14H14N2O4S/c1-9-7-13(10(2)20-9)21(18,19)16-8-14(17)15-11-5-3-4-6-12(11)16/h3-7H,8H2,1-2H3,(H,15,17). The lowest BCUT2D eigenvalue weighted by Crippen LogP contribution is -2.42. The van der Waals surface area contributed by atoms with Crippen LogP contribution in [0.2, 0.25) is 0 Å². The van der Waals surface area contributed by atoms with E-state index in [1.54, 1.807) is 38.1 Å². The van der Waals surface area contributed by atoms with Crippen LogP contribution in [-0.4, -0.2) is 20.9 Å². The van der Waals surface area contributed by atoms with Crippen molar-refractivity contribution in [2.75, 3.05) is 16.2 Å². The molecular formula is C14H14N2O4S. The van der Waals surface area contributed by atoms with Crippen molar-refractivity contribution in [1.29, 1.82) is 0 Å².